The van der Waals surface area contributed by atoms with E-state index in [9.17, 15) is 14.9 Å². The van der Waals surface area contributed by atoms with Gasteiger partial charge in [-0.25, -0.2) is 0 Å². The largest absolute Gasteiger partial charge is 0.490 e. The standard InChI is InChI=1S/C20H15N3O5S2/c1-2-27-17-10-13(6-7-16(17)28-9-8-21)11-18-19(24)22(20(29)30-18)14-4-3-5-15(12-14)23(25)26/h3-7,10-12H,2,9H2,1H3/b18-11+. The molecule has 0 unspecified atom stereocenters. The molecule has 0 aliphatic carbocycles. The van der Waals surface area contributed by atoms with Crippen LogP contribution in [0.5, 0.6) is 11.5 Å². The molecule has 1 fully saturated rings. The maximum atomic E-state index is 12.9. The summed E-state index contributed by atoms with van der Waals surface area (Å²) in [5.74, 6) is 0.517. The molecular formula is C20H15N3O5S2. The van der Waals surface area contributed by atoms with Crippen LogP contribution in [-0.2, 0) is 4.79 Å². The number of hydrogen-bond acceptors (Lipinski definition) is 8. The van der Waals surface area contributed by atoms with Gasteiger partial charge in [0.1, 0.15) is 6.07 Å². The van der Waals surface area contributed by atoms with Crippen molar-refractivity contribution in [2.24, 2.45) is 0 Å². The van der Waals surface area contributed by atoms with Gasteiger partial charge in [-0.05, 0) is 36.8 Å². The minimum atomic E-state index is -0.526. The fourth-order valence-electron chi connectivity index (χ4n) is 2.70. The summed E-state index contributed by atoms with van der Waals surface area (Å²) < 4.78 is 11.2. The van der Waals surface area contributed by atoms with Crippen LogP contribution in [0.15, 0.2) is 47.4 Å². The predicted molar refractivity (Wildman–Crippen MR) is 117 cm³/mol. The number of thiocarbonyl (C=S) groups is 1. The Bertz CT molecular complexity index is 1090. The van der Waals surface area contributed by atoms with Gasteiger partial charge in [0.25, 0.3) is 11.6 Å². The number of thioether (sulfide) groups is 1. The van der Waals surface area contributed by atoms with E-state index < -0.39 is 4.92 Å². The first-order chi connectivity index (χ1) is 14.4. The number of anilines is 1. The monoisotopic (exact) mass is 441 g/mol. The minimum absolute atomic E-state index is 0.110. The van der Waals surface area contributed by atoms with Crippen molar-refractivity contribution < 1.29 is 19.2 Å². The maximum Gasteiger partial charge on any atom is 0.271 e. The molecule has 30 heavy (non-hydrogen) atoms. The van der Waals surface area contributed by atoms with Crippen molar-refractivity contribution in [1.29, 1.82) is 5.26 Å². The molecule has 1 aliphatic heterocycles. The molecule has 0 bridgehead atoms. The zero-order valence-electron chi connectivity index (χ0n) is 15.7. The first kappa shape index (κ1) is 21.3. The van der Waals surface area contributed by atoms with E-state index in [0.29, 0.717) is 34.3 Å². The fourth-order valence-corrected chi connectivity index (χ4v) is 4.00. The van der Waals surface area contributed by atoms with E-state index >= 15 is 0 Å². The van der Waals surface area contributed by atoms with Gasteiger partial charge in [-0.15, -0.1) is 0 Å². The molecule has 0 N–H and O–H groups in total. The lowest BCUT2D eigenvalue weighted by Gasteiger charge is -2.14. The highest BCUT2D eigenvalue weighted by atomic mass is 32.2. The van der Waals surface area contributed by atoms with E-state index in [0.717, 1.165) is 11.8 Å². The smallest absolute Gasteiger partial charge is 0.271 e. The van der Waals surface area contributed by atoms with Crippen LogP contribution in [0.1, 0.15) is 12.5 Å². The van der Waals surface area contributed by atoms with Gasteiger partial charge in [-0.1, -0.05) is 36.1 Å². The van der Waals surface area contributed by atoms with Gasteiger partial charge in [0, 0.05) is 12.1 Å². The number of ether oxygens (including phenoxy) is 2. The van der Waals surface area contributed by atoms with E-state index in [1.54, 1.807) is 30.3 Å². The number of hydrogen-bond donors (Lipinski definition) is 0. The third-order valence-corrected chi connectivity index (χ3v) is 5.25. The van der Waals surface area contributed by atoms with Gasteiger partial charge in [-0.2, -0.15) is 5.26 Å². The van der Waals surface area contributed by atoms with Gasteiger partial charge < -0.3 is 9.47 Å². The molecule has 152 valence electrons. The Labute approximate surface area is 181 Å². The van der Waals surface area contributed by atoms with Gasteiger partial charge >= 0.3 is 0 Å². The summed E-state index contributed by atoms with van der Waals surface area (Å²) >= 11 is 6.43. The second kappa shape index (κ2) is 9.39. The van der Waals surface area contributed by atoms with E-state index in [-0.39, 0.29) is 22.5 Å². The second-order valence-corrected chi connectivity index (χ2v) is 7.56. The summed E-state index contributed by atoms with van der Waals surface area (Å²) in [6, 6.07) is 12.8. The molecule has 0 spiro atoms. The highest BCUT2D eigenvalue weighted by Crippen LogP contribution is 2.38. The summed E-state index contributed by atoms with van der Waals surface area (Å²) in [4.78, 5) is 25.1. The van der Waals surface area contributed by atoms with E-state index in [1.165, 1.54) is 23.1 Å². The molecule has 0 aromatic heterocycles. The molecule has 1 aliphatic rings. The average molecular weight is 441 g/mol. The number of nitro benzene ring substituents is 1. The first-order valence-electron chi connectivity index (χ1n) is 8.73. The number of non-ortho nitro benzene ring substituents is 1. The molecule has 0 saturated carbocycles. The number of carbonyl (C=O) groups is 1. The molecule has 1 heterocycles. The van der Waals surface area contributed by atoms with E-state index in [2.05, 4.69) is 0 Å². The van der Waals surface area contributed by atoms with Crippen LogP contribution < -0.4 is 14.4 Å². The Balaban J connectivity index is 1.90. The minimum Gasteiger partial charge on any atom is -0.490 e. The Morgan fingerprint density at radius 1 is 1.27 bits per heavy atom. The number of amides is 1. The summed E-state index contributed by atoms with van der Waals surface area (Å²) in [5, 5.41) is 19.7. The molecule has 2 aromatic rings. The SMILES string of the molecule is CCOc1cc(/C=C2/SC(=S)N(c3cccc([N+](=O)[O-])c3)C2=O)ccc1OCC#N. The third kappa shape index (κ3) is 4.59. The molecule has 10 heteroatoms. The second-order valence-electron chi connectivity index (χ2n) is 5.88. The molecule has 2 aromatic carbocycles. The van der Waals surface area contributed by atoms with Crippen molar-refractivity contribution in [3.63, 3.8) is 0 Å². The van der Waals surface area contributed by atoms with Gasteiger partial charge in [0.2, 0.25) is 0 Å². The zero-order chi connectivity index (χ0) is 21.7. The number of carbonyl (C=O) groups excluding carboxylic acids is 1. The fraction of sp³-hybridized carbons (Fsp3) is 0.150. The molecular weight excluding hydrogens is 426 g/mol. The van der Waals surface area contributed by atoms with Crippen LogP contribution in [0, 0.1) is 21.4 Å². The summed E-state index contributed by atoms with van der Waals surface area (Å²) in [5.41, 5.74) is 0.896. The van der Waals surface area contributed by atoms with Crippen LogP contribution >= 0.6 is 24.0 Å². The molecule has 0 radical (unpaired) electrons. The Kier molecular flexibility index (Phi) is 6.66. The quantitative estimate of drug-likeness (QED) is 0.271. The lowest BCUT2D eigenvalue weighted by Crippen LogP contribution is -2.27. The van der Waals surface area contributed by atoms with Crippen LogP contribution in [0.25, 0.3) is 6.08 Å². The summed E-state index contributed by atoms with van der Waals surface area (Å²) in [6.45, 7) is 2.12. The highest BCUT2D eigenvalue weighted by Gasteiger charge is 2.34. The van der Waals surface area contributed by atoms with Crippen LogP contribution in [0.2, 0.25) is 0 Å². The maximum absolute atomic E-state index is 12.9. The van der Waals surface area contributed by atoms with Crippen molar-refractivity contribution in [2.45, 2.75) is 6.92 Å². The van der Waals surface area contributed by atoms with E-state index in [4.69, 9.17) is 27.0 Å². The number of nitro groups is 1. The van der Waals surface area contributed by atoms with Crippen LogP contribution in [-0.4, -0.2) is 28.4 Å². The van der Waals surface area contributed by atoms with Gasteiger partial charge in [0.05, 0.1) is 22.1 Å². The van der Waals surface area contributed by atoms with Crippen molar-refractivity contribution >= 4 is 51.7 Å². The zero-order valence-corrected chi connectivity index (χ0v) is 17.4. The number of benzene rings is 2. The van der Waals surface area contributed by atoms with Crippen LogP contribution in [0.3, 0.4) is 0 Å². The Morgan fingerprint density at radius 3 is 2.77 bits per heavy atom. The highest BCUT2D eigenvalue weighted by molar-refractivity contribution is 8.27. The normalized spacial score (nSPS) is 14.7. The summed E-state index contributed by atoms with van der Waals surface area (Å²) in [6.07, 6.45) is 1.66. The summed E-state index contributed by atoms with van der Waals surface area (Å²) in [7, 11) is 0. The van der Waals surface area contributed by atoms with Crippen LogP contribution in [0.4, 0.5) is 11.4 Å². The van der Waals surface area contributed by atoms with Gasteiger partial charge in [0.15, 0.2) is 22.4 Å². The molecule has 0 atom stereocenters. The molecule has 3 rings (SSSR count). The Morgan fingerprint density at radius 2 is 2.07 bits per heavy atom. The van der Waals surface area contributed by atoms with Gasteiger partial charge in [-0.3, -0.25) is 19.8 Å². The lowest BCUT2D eigenvalue weighted by atomic mass is 10.1. The molecule has 1 saturated heterocycles. The van der Waals surface area contributed by atoms with Crippen molar-refractivity contribution in [3.05, 3.63) is 63.0 Å². The molecule has 8 nitrogen and oxygen atoms in total. The molecule has 1 amide bonds. The van der Waals surface area contributed by atoms with Crippen molar-refractivity contribution in [2.75, 3.05) is 18.1 Å². The van der Waals surface area contributed by atoms with Crippen molar-refractivity contribution in [1.82, 2.24) is 0 Å². The predicted octanol–water partition coefficient (Wildman–Crippen LogP) is 4.30. The first-order valence-corrected chi connectivity index (χ1v) is 9.96. The Hall–Kier alpha value is -3.42. The number of nitriles is 1. The lowest BCUT2D eigenvalue weighted by molar-refractivity contribution is -0.384. The van der Waals surface area contributed by atoms with E-state index in [1.807, 2.05) is 13.0 Å². The number of rotatable bonds is 7. The number of nitrogens with zero attached hydrogens (tertiary/aromatic N) is 3. The van der Waals surface area contributed by atoms with Crippen molar-refractivity contribution in [3.8, 4) is 17.6 Å². The average Bonchev–Trinajstić information content (AvgIpc) is 3.00. The topological polar surface area (TPSA) is 106 Å². The third-order valence-electron chi connectivity index (χ3n) is 3.95.